The first-order valence-corrected chi connectivity index (χ1v) is 11.4. The second-order valence-electron chi connectivity index (χ2n) is 7.33. The van der Waals surface area contributed by atoms with Crippen molar-refractivity contribution >= 4 is 40.3 Å². The summed E-state index contributed by atoms with van der Waals surface area (Å²) >= 11 is 6.86. The molecule has 5 rings (SSSR count). The molecule has 1 saturated heterocycles. The molecule has 0 unspecified atom stereocenters. The fourth-order valence-corrected chi connectivity index (χ4v) is 4.82. The lowest BCUT2D eigenvalue weighted by Gasteiger charge is -2.14. The first kappa shape index (κ1) is 20.4. The molecule has 6 heteroatoms. The molecule has 3 aromatic carbocycles. The van der Waals surface area contributed by atoms with Crippen molar-refractivity contribution < 1.29 is 4.79 Å². The third kappa shape index (κ3) is 4.15. The number of aromatic nitrogens is 2. The number of thiocarbonyl (C=S) groups is 1. The first-order valence-electron chi connectivity index (χ1n) is 10.2. The van der Waals surface area contributed by atoms with E-state index in [0.717, 1.165) is 28.1 Å². The lowest BCUT2D eigenvalue weighted by atomic mass is 10.1. The van der Waals surface area contributed by atoms with E-state index in [9.17, 15) is 4.79 Å². The van der Waals surface area contributed by atoms with Crippen molar-refractivity contribution in [1.82, 2.24) is 14.7 Å². The standard InChI is InChI=1S/C26H19N3OS2/c30-25-23(32-26(31)28(25)17-19-10-4-1-5-11-19)16-21-18-29(22-14-8-3-9-15-22)27-24(21)20-12-6-2-7-13-20/h1-16,18H,17H2/b23-16-. The van der Waals surface area contributed by atoms with Crippen LogP contribution in [0.4, 0.5) is 0 Å². The van der Waals surface area contributed by atoms with Crippen molar-refractivity contribution in [3.63, 3.8) is 0 Å². The Bertz CT molecular complexity index is 1300. The van der Waals surface area contributed by atoms with E-state index < -0.39 is 0 Å². The maximum absolute atomic E-state index is 13.2. The fraction of sp³-hybridized carbons (Fsp3) is 0.0385. The summed E-state index contributed by atoms with van der Waals surface area (Å²) in [5.41, 5.74) is 4.70. The van der Waals surface area contributed by atoms with Crippen molar-refractivity contribution in [3.8, 4) is 16.9 Å². The summed E-state index contributed by atoms with van der Waals surface area (Å²) in [4.78, 5) is 15.4. The van der Waals surface area contributed by atoms with Crippen molar-refractivity contribution in [3.05, 3.63) is 113 Å². The average Bonchev–Trinajstić information content (AvgIpc) is 3.38. The smallest absolute Gasteiger partial charge is 0.266 e. The second-order valence-corrected chi connectivity index (χ2v) is 9.01. The zero-order valence-electron chi connectivity index (χ0n) is 17.1. The highest BCUT2D eigenvalue weighted by Gasteiger charge is 2.32. The molecule has 32 heavy (non-hydrogen) atoms. The summed E-state index contributed by atoms with van der Waals surface area (Å²) < 4.78 is 2.42. The quantitative estimate of drug-likeness (QED) is 0.277. The Morgan fingerprint density at radius 2 is 1.50 bits per heavy atom. The van der Waals surface area contributed by atoms with Crippen LogP contribution in [-0.4, -0.2) is 24.9 Å². The number of carbonyl (C=O) groups is 1. The van der Waals surface area contributed by atoms with Gasteiger partial charge in [0.25, 0.3) is 5.91 Å². The summed E-state index contributed by atoms with van der Waals surface area (Å²) in [6, 6.07) is 29.8. The molecule has 0 atom stereocenters. The van der Waals surface area contributed by atoms with Gasteiger partial charge < -0.3 is 0 Å². The largest absolute Gasteiger partial charge is 0.288 e. The van der Waals surface area contributed by atoms with Crippen LogP contribution in [0.15, 0.2) is 102 Å². The molecule has 156 valence electrons. The van der Waals surface area contributed by atoms with E-state index in [4.69, 9.17) is 17.3 Å². The van der Waals surface area contributed by atoms with Crippen molar-refractivity contribution in [1.29, 1.82) is 0 Å². The predicted molar refractivity (Wildman–Crippen MR) is 134 cm³/mol. The van der Waals surface area contributed by atoms with Gasteiger partial charge in [-0.05, 0) is 23.8 Å². The highest BCUT2D eigenvalue weighted by molar-refractivity contribution is 8.26. The highest BCUT2D eigenvalue weighted by atomic mass is 32.2. The summed E-state index contributed by atoms with van der Waals surface area (Å²) in [6.07, 6.45) is 3.86. The number of thioether (sulfide) groups is 1. The molecule has 1 aliphatic heterocycles. The molecule has 2 heterocycles. The van der Waals surface area contributed by atoms with Gasteiger partial charge in [-0.2, -0.15) is 5.10 Å². The number of benzene rings is 3. The van der Waals surface area contributed by atoms with Crippen molar-refractivity contribution in [2.24, 2.45) is 0 Å². The number of hydrogen-bond acceptors (Lipinski definition) is 4. The number of hydrogen-bond donors (Lipinski definition) is 0. The third-order valence-electron chi connectivity index (χ3n) is 5.15. The minimum Gasteiger partial charge on any atom is -0.288 e. The van der Waals surface area contributed by atoms with E-state index in [-0.39, 0.29) is 5.91 Å². The molecule has 1 aromatic heterocycles. The highest BCUT2D eigenvalue weighted by Crippen LogP contribution is 2.35. The molecule has 4 aromatic rings. The van der Waals surface area contributed by atoms with Gasteiger partial charge in [-0.15, -0.1) is 0 Å². The zero-order valence-corrected chi connectivity index (χ0v) is 18.7. The molecular weight excluding hydrogens is 434 g/mol. The van der Waals surface area contributed by atoms with Gasteiger partial charge in [0.1, 0.15) is 4.32 Å². The van der Waals surface area contributed by atoms with E-state index in [0.29, 0.717) is 15.8 Å². The van der Waals surface area contributed by atoms with Crippen LogP contribution in [0.25, 0.3) is 23.0 Å². The van der Waals surface area contributed by atoms with Crippen LogP contribution in [0.2, 0.25) is 0 Å². The molecule has 0 radical (unpaired) electrons. The van der Waals surface area contributed by atoms with E-state index >= 15 is 0 Å². The van der Waals surface area contributed by atoms with Crippen LogP contribution in [0.5, 0.6) is 0 Å². The van der Waals surface area contributed by atoms with Crippen molar-refractivity contribution in [2.45, 2.75) is 6.54 Å². The van der Waals surface area contributed by atoms with Crippen molar-refractivity contribution in [2.75, 3.05) is 0 Å². The Morgan fingerprint density at radius 3 is 2.19 bits per heavy atom. The number of nitrogens with zero attached hydrogens (tertiary/aromatic N) is 3. The van der Waals surface area contributed by atoms with Gasteiger partial charge in [-0.25, -0.2) is 4.68 Å². The predicted octanol–water partition coefficient (Wildman–Crippen LogP) is 5.94. The zero-order chi connectivity index (χ0) is 21.9. The van der Waals surface area contributed by atoms with Gasteiger partial charge in [0.15, 0.2) is 0 Å². The molecule has 4 nitrogen and oxygen atoms in total. The molecule has 0 saturated carbocycles. The molecular formula is C26H19N3OS2. The number of carbonyl (C=O) groups excluding carboxylic acids is 1. The normalized spacial score (nSPS) is 15.0. The summed E-state index contributed by atoms with van der Waals surface area (Å²) in [5.74, 6) is -0.0738. The maximum Gasteiger partial charge on any atom is 0.266 e. The Balaban J connectivity index is 1.52. The minimum absolute atomic E-state index is 0.0738. The molecule has 0 aliphatic carbocycles. The first-order chi connectivity index (χ1) is 15.7. The maximum atomic E-state index is 13.2. The topological polar surface area (TPSA) is 38.1 Å². The Kier molecular flexibility index (Phi) is 5.71. The molecule has 0 N–H and O–H groups in total. The lowest BCUT2D eigenvalue weighted by Crippen LogP contribution is -2.27. The molecule has 1 amide bonds. The minimum atomic E-state index is -0.0738. The van der Waals surface area contributed by atoms with Crippen LogP contribution in [-0.2, 0) is 11.3 Å². The number of amides is 1. The SMILES string of the molecule is O=C1/C(=C/c2cn(-c3ccccc3)nc2-c2ccccc2)SC(=S)N1Cc1ccccc1. The van der Waals surface area contributed by atoms with E-state index in [1.165, 1.54) is 11.8 Å². The Hall–Kier alpha value is -3.48. The molecule has 0 spiro atoms. The van der Waals surface area contributed by atoms with Gasteiger partial charge >= 0.3 is 0 Å². The van der Waals surface area contributed by atoms with Crippen LogP contribution >= 0.6 is 24.0 Å². The molecule has 0 bridgehead atoms. The van der Waals surface area contributed by atoms with Gasteiger partial charge in [0, 0.05) is 17.3 Å². The van der Waals surface area contributed by atoms with Crippen LogP contribution in [0.1, 0.15) is 11.1 Å². The lowest BCUT2D eigenvalue weighted by molar-refractivity contribution is -0.122. The summed E-state index contributed by atoms with van der Waals surface area (Å²) in [6.45, 7) is 0.470. The van der Waals surface area contributed by atoms with Gasteiger partial charge in [0.05, 0.1) is 22.8 Å². The number of para-hydroxylation sites is 1. The van der Waals surface area contributed by atoms with E-state index in [1.54, 1.807) is 4.90 Å². The van der Waals surface area contributed by atoms with Crippen LogP contribution in [0.3, 0.4) is 0 Å². The monoisotopic (exact) mass is 453 g/mol. The molecule has 1 fully saturated rings. The van der Waals surface area contributed by atoms with Gasteiger partial charge in [-0.1, -0.05) is 103 Å². The van der Waals surface area contributed by atoms with Crippen LogP contribution in [0, 0.1) is 0 Å². The number of rotatable bonds is 5. The summed E-state index contributed by atoms with van der Waals surface area (Å²) in [7, 11) is 0. The van der Waals surface area contributed by atoms with Crippen LogP contribution < -0.4 is 0 Å². The Labute approximate surface area is 196 Å². The van der Waals surface area contributed by atoms with Gasteiger partial charge in [-0.3, -0.25) is 9.69 Å². The average molecular weight is 454 g/mol. The van der Waals surface area contributed by atoms with E-state index in [2.05, 4.69) is 0 Å². The van der Waals surface area contributed by atoms with E-state index in [1.807, 2.05) is 108 Å². The molecule has 1 aliphatic rings. The second kappa shape index (κ2) is 8.94. The van der Waals surface area contributed by atoms with Gasteiger partial charge in [0.2, 0.25) is 0 Å². The third-order valence-corrected chi connectivity index (χ3v) is 6.53. The summed E-state index contributed by atoms with van der Waals surface area (Å²) in [5, 5.41) is 4.83. The fourth-order valence-electron chi connectivity index (χ4n) is 3.57. The Morgan fingerprint density at radius 1 is 0.875 bits per heavy atom.